The molecular formula is C14H25N. The van der Waals surface area contributed by atoms with Crippen LogP contribution < -0.4 is 5.32 Å². The molecule has 1 N–H and O–H groups in total. The molecule has 0 fully saturated rings. The predicted octanol–water partition coefficient (Wildman–Crippen LogP) is 3.82. The maximum Gasteiger partial charge on any atom is -0.00143 e. The van der Waals surface area contributed by atoms with Crippen LogP contribution in [0, 0.1) is 0 Å². The highest BCUT2D eigenvalue weighted by molar-refractivity contribution is 5.18. The van der Waals surface area contributed by atoms with Crippen molar-refractivity contribution in [2.45, 2.75) is 51.9 Å². The van der Waals surface area contributed by atoms with Gasteiger partial charge in [0.25, 0.3) is 0 Å². The largest absolute Gasteiger partial charge is 0.317 e. The maximum atomic E-state index is 3.34. The minimum Gasteiger partial charge on any atom is -0.317 e. The molecule has 15 heavy (non-hydrogen) atoms. The van der Waals surface area contributed by atoms with E-state index >= 15 is 0 Å². The highest BCUT2D eigenvalue weighted by Crippen LogP contribution is 2.17. The molecule has 0 aromatic carbocycles. The summed E-state index contributed by atoms with van der Waals surface area (Å²) in [4.78, 5) is 0. The molecule has 0 unspecified atom stereocenters. The van der Waals surface area contributed by atoms with Crippen molar-refractivity contribution in [3.63, 3.8) is 0 Å². The van der Waals surface area contributed by atoms with Gasteiger partial charge in [-0.1, -0.05) is 43.6 Å². The van der Waals surface area contributed by atoms with Crippen LogP contribution in [0.15, 0.2) is 23.8 Å². The molecule has 1 heteroatoms. The van der Waals surface area contributed by atoms with Crippen LogP contribution in [-0.4, -0.2) is 13.1 Å². The second-order valence-electron chi connectivity index (χ2n) is 4.28. The summed E-state index contributed by atoms with van der Waals surface area (Å²) in [6.07, 6.45) is 16.4. The lowest BCUT2D eigenvalue weighted by atomic mass is 9.99. The average molecular weight is 207 g/mol. The molecule has 1 aliphatic rings. The Morgan fingerprint density at radius 3 is 3.00 bits per heavy atom. The van der Waals surface area contributed by atoms with Gasteiger partial charge in [0.1, 0.15) is 0 Å². The smallest absolute Gasteiger partial charge is 0.00143 e. The first-order valence-electron chi connectivity index (χ1n) is 6.49. The van der Waals surface area contributed by atoms with Crippen molar-refractivity contribution in [3.05, 3.63) is 23.8 Å². The van der Waals surface area contributed by atoms with Crippen LogP contribution in [-0.2, 0) is 0 Å². The van der Waals surface area contributed by atoms with E-state index in [1.54, 1.807) is 5.57 Å². The Morgan fingerprint density at radius 1 is 1.27 bits per heavy atom. The molecule has 0 radical (unpaired) electrons. The minimum atomic E-state index is 1.08. The summed E-state index contributed by atoms with van der Waals surface area (Å²) in [5.74, 6) is 0. The van der Waals surface area contributed by atoms with E-state index in [9.17, 15) is 0 Å². The molecule has 1 rings (SSSR count). The Bertz CT molecular complexity index is 203. The zero-order valence-electron chi connectivity index (χ0n) is 10.1. The first kappa shape index (κ1) is 12.5. The number of allylic oxidation sites excluding steroid dienone is 3. The molecule has 0 amide bonds. The van der Waals surface area contributed by atoms with Gasteiger partial charge in [-0.15, -0.1) is 0 Å². The quantitative estimate of drug-likeness (QED) is 0.676. The molecule has 86 valence electrons. The van der Waals surface area contributed by atoms with Crippen LogP contribution in [0.1, 0.15) is 51.9 Å². The van der Waals surface area contributed by atoms with Gasteiger partial charge in [0, 0.05) is 0 Å². The molecule has 0 aromatic rings. The Hall–Kier alpha value is -0.560. The van der Waals surface area contributed by atoms with Crippen LogP contribution in [0.4, 0.5) is 0 Å². The summed E-state index contributed by atoms with van der Waals surface area (Å²) < 4.78 is 0. The van der Waals surface area contributed by atoms with E-state index in [2.05, 4.69) is 30.5 Å². The third-order valence-electron chi connectivity index (χ3n) is 2.90. The van der Waals surface area contributed by atoms with Crippen LogP contribution in [0.25, 0.3) is 0 Å². The summed E-state index contributed by atoms with van der Waals surface area (Å²) in [5, 5.41) is 3.34. The third-order valence-corrected chi connectivity index (χ3v) is 2.90. The molecule has 0 atom stereocenters. The van der Waals surface area contributed by atoms with Crippen molar-refractivity contribution in [1.82, 2.24) is 5.32 Å². The van der Waals surface area contributed by atoms with Gasteiger partial charge < -0.3 is 5.32 Å². The van der Waals surface area contributed by atoms with E-state index in [1.165, 1.54) is 38.5 Å². The van der Waals surface area contributed by atoms with Crippen molar-refractivity contribution in [2.24, 2.45) is 0 Å². The van der Waals surface area contributed by atoms with Crippen molar-refractivity contribution in [1.29, 1.82) is 0 Å². The molecule has 0 saturated carbocycles. The van der Waals surface area contributed by atoms with Crippen LogP contribution in [0.5, 0.6) is 0 Å². The SMILES string of the molecule is CCNCC/C=C/C1=CCCCCCC1. The maximum absolute atomic E-state index is 3.34. The lowest BCUT2D eigenvalue weighted by molar-refractivity contribution is 0.629. The van der Waals surface area contributed by atoms with Gasteiger partial charge in [-0.3, -0.25) is 0 Å². The molecule has 0 bridgehead atoms. The van der Waals surface area contributed by atoms with Gasteiger partial charge in [-0.2, -0.15) is 0 Å². The molecule has 0 aromatic heterocycles. The van der Waals surface area contributed by atoms with Crippen molar-refractivity contribution in [3.8, 4) is 0 Å². The normalized spacial score (nSPS) is 18.6. The highest BCUT2D eigenvalue weighted by Gasteiger charge is 1.98. The topological polar surface area (TPSA) is 12.0 Å². The van der Waals surface area contributed by atoms with Gasteiger partial charge in [-0.05, 0) is 45.2 Å². The molecule has 0 spiro atoms. The van der Waals surface area contributed by atoms with E-state index in [0.29, 0.717) is 0 Å². The zero-order valence-corrected chi connectivity index (χ0v) is 10.1. The second-order valence-corrected chi connectivity index (χ2v) is 4.28. The van der Waals surface area contributed by atoms with Crippen molar-refractivity contribution in [2.75, 3.05) is 13.1 Å². The van der Waals surface area contributed by atoms with Gasteiger partial charge in [0.2, 0.25) is 0 Å². The fourth-order valence-corrected chi connectivity index (χ4v) is 1.96. The Labute approximate surface area is 94.6 Å². The standard InChI is InChI=1S/C14H25N/c1-2-15-13-9-8-12-14-10-6-4-3-5-7-11-14/h8,10,12,15H,2-7,9,11,13H2,1H3/b12-8+,14-10?. The third kappa shape index (κ3) is 6.51. The summed E-state index contributed by atoms with van der Waals surface area (Å²) in [7, 11) is 0. The summed E-state index contributed by atoms with van der Waals surface area (Å²) >= 11 is 0. The fraction of sp³-hybridized carbons (Fsp3) is 0.714. The molecular weight excluding hydrogens is 182 g/mol. The van der Waals surface area contributed by atoms with Gasteiger partial charge in [0.15, 0.2) is 0 Å². The first-order valence-corrected chi connectivity index (χ1v) is 6.49. The van der Waals surface area contributed by atoms with E-state index in [0.717, 1.165) is 19.5 Å². The summed E-state index contributed by atoms with van der Waals surface area (Å²) in [6, 6.07) is 0. The molecule has 1 aliphatic carbocycles. The Morgan fingerprint density at radius 2 is 2.13 bits per heavy atom. The Kier molecular flexibility index (Phi) is 7.28. The molecule has 0 heterocycles. The molecule has 0 aliphatic heterocycles. The molecule has 1 nitrogen and oxygen atoms in total. The monoisotopic (exact) mass is 207 g/mol. The summed E-state index contributed by atoms with van der Waals surface area (Å²) in [6.45, 7) is 4.35. The minimum absolute atomic E-state index is 1.08. The Balaban J connectivity index is 2.21. The van der Waals surface area contributed by atoms with Crippen molar-refractivity contribution >= 4 is 0 Å². The van der Waals surface area contributed by atoms with E-state index < -0.39 is 0 Å². The zero-order chi connectivity index (χ0) is 10.8. The lowest BCUT2D eigenvalue weighted by Gasteiger charge is -2.07. The number of hydrogen-bond donors (Lipinski definition) is 1. The van der Waals surface area contributed by atoms with Gasteiger partial charge in [-0.25, -0.2) is 0 Å². The van der Waals surface area contributed by atoms with E-state index in [4.69, 9.17) is 0 Å². The van der Waals surface area contributed by atoms with Crippen LogP contribution in [0.3, 0.4) is 0 Å². The van der Waals surface area contributed by atoms with Gasteiger partial charge >= 0.3 is 0 Å². The lowest BCUT2D eigenvalue weighted by Crippen LogP contribution is -2.12. The second kappa shape index (κ2) is 8.72. The number of hydrogen-bond acceptors (Lipinski definition) is 1. The highest BCUT2D eigenvalue weighted by atomic mass is 14.8. The van der Waals surface area contributed by atoms with Crippen molar-refractivity contribution < 1.29 is 0 Å². The van der Waals surface area contributed by atoms with Gasteiger partial charge in [0.05, 0.1) is 0 Å². The van der Waals surface area contributed by atoms with Crippen LogP contribution in [0.2, 0.25) is 0 Å². The fourth-order valence-electron chi connectivity index (χ4n) is 1.96. The summed E-state index contributed by atoms with van der Waals surface area (Å²) in [5.41, 5.74) is 1.56. The van der Waals surface area contributed by atoms with E-state index in [1.807, 2.05) is 0 Å². The first-order chi connectivity index (χ1) is 7.43. The average Bonchev–Trinajstić information content (AvgIpc) is 2.20. The molecule has 0 saturated heterocycles. The van der Waals surface area contributed by atoms with Crippen LogP contribution >= 0.6 is 0 Å². The number of nitrogens with one attached hydrogen (secondary N) is 1. The number of rotatable bonds is 5. The van der Waals surface area contributed by atoms with E-state index in [-0.39, 0.29) is 0 Å². The predicted molar refractivity (Wildman–Crippen MR) is 68.1 cm³/mol.